The van der Waals surface area contributed by atoms with Gasteiger partial charge in [0.05, 0.1) is 11.7 Å². The molecule has 0 unspecified atom stereocenters. The van der Waals surface area contributed by atoms with Crippen molar-refractivity contribution in [3.63, 3.8) is 0 Å². The van der Waals surface area contributed by atoms with Crippen molar-refractivity contribution in [1.29, 1.82) is 0 Å². The molecule has 1 aromatic carbocycles. The second kappa shape index (κ2) is 7.67. The number of nitrogens with zero attached hydrogens (tertiary/aromatic N) is 2. The highest BCUT2D eigenvalue weighted by atomic mass is 32.2. The Morgan fingerprint density at radius 2 is 2.04 bits per heavy atom. The number of amides is 1. The highest BCUT2D eigenvalue weighted by molar-refractivity contribution is 8.03. The van der Waals surface area contributed by atoms with Crippen LogP contribution in [0.2, 0.25) is 0 Å². The van der Waals surface area contributed by atoms with E-state index in [1.165, 1.54) is 23.1 Å². The number of carbonyl (C=O) groups excluding carboxylic acids is 2. The molecule has 24 heavy (non-hydrogen) atoms. The minimum Gasteiger partial charge on any atom is -0.325 e. The molecule has 0 saturated heterocycles. The Kier molecular flexibility index (Phi) is 5.57. The topological polar surface area (TPSA) is 72.0 Å². The zero-order chi connectivity index (χ0) is 17.1. The molecule has 1 aromatic heterocycles. The van der Waals surface area contributed by atoms with Gasteiger partial charge in [0.2, 0.25) is 5.91 Å². The first-order valence-corrected chi connectivity index (χ1v) is 10.4. The molecule has 2 aromatic rings. The van der Waals surface area contributed by atoms with Crippen LogP contribution in [0.15, 0.2) is 26.9 Å². The van der Waals surface area contributed by atoms with Crippen molar-refractivity contribution in [2.24, 2.45) is 0 Å². The number of aromatic nitrogens is 2. The third-order valence-corrected chi connectivity index (χ3v) is 7.03. The lowest BCUT2D eigenvalue weighted by Gasteiger charge is -2.04. The lowest BCUT2D eigenvalue weighted by atomic mass is 9.99. The molecule has 0 bridgehead atoms. The molecule has 1 atom stereocenters. The lowest BCUT2D eigenvalue weighted by Crippen LogP contribution is -2.08. The summed E-state index contributed by atoms with van der Waals surface area (Å²) in [6, 6.07) is 5.39. The average molecular weight is 380 g/mol. The van der Waals surface area contributed by atoms with Gasteiger partial charge in [0.1, 0.15) is 0 Å². The van der Waals surface area contributed by atoms with Gasteiger partial charge in [0, 0.05) is 17.0 Å². The van der Waals surface area contributed by atoms with E-state index in [0.29, 0.717) is 11.3 Å². The van der Waals surface area contributed by atoms with Gasteiger partial charge in [-0.3, -0.25) is 9.59 Å². The summed E-state index contributed by atoms with van der Waals surface area (Å²) in [5.41, 5.74) is 2.33. The van der Waals surface area contributed by atoms with Crippen LogP contribution < -0.4 is 5.32 Å². The van der Waals surface area contributed by atoms with Crippen LogP contribution >= 0.6 is 34.9 Å². The number of thioether (sulfide) groups is 2. The fourth-order valence-corrected chi connectivity index (χ4v) is 5.14. The predicted molar refractivity (Wildman–Crippen MR) is 99.5 cm³/mol. The van der Waals surface area contributed by atoms with Crippen LogP contribution in [0.5, 0.6) is 0 Å². The molecule has 0 fully saturated rings. The molecule has 1 aliphatic heterocycles. The van der Waals surface area contributed by atoms with Gasteiger partial charge in [-0.15, -0.1) is 10.2 Å². The monoisotopic (exact) mass is 379 g/mol. The number of fused-ring (bicyclic) bond motifs is 1. The van der Waals surface area contributed by atoms with Gasteiger partial charge in [-0.25, -0.2) is 0 Å². The maximum Gasteiger partial charge on any atom is 0.231 e. The van der Waals surface area contributed by atoms with E-state index in [-0.39, 0.29) is 17.6 Å². The summed E-state index contributed by atoms with van der Waals surface area (Å²) in [6.07, 6.45) is 1.10. The molecule has 126 valence electrons. The number of ketones is 1. The summed E-state index contributed by atoms with van der Waals surface area (Å²) in [6.45, 7) is 3.98. The van der Waals surface area contributed by atoms with E-state index < -0.39 is 0 Å². The van der Waals surface area contributed by atoms with Crippen molar-refractivity contribution in [2.45, 2.75) is 34.9 Å². The molecule has 5 nitrogen and oxygen atoms in total. The first-order valence-electron chi connectivity index (χ1n) is 7.65. The summed E-state index contributed by atoms with van der Waals surface area (Å²) >= 11 is 4.63. The summed E-state index contributed by atoms with van der Waals surface area (Å²) in [5, 5.41) is 11.1. The first-order chi connectivity index (χ1) is 11.6. The van der Waals surface area contributed by atoms with E-state index in [4.69, 9.17) is 0 Å². The van der Waals surface area contributed by atoms with Crippen molar-refractivity contribution >= 4 is 52.2 Å². The van der Waals surface area contributed by atoms with Crippen molar-refractivity contribution in [3.8, 4) is 0 Å². The molecule has 1 amide bonds. The van der Waals surface area contributed by atoms with Gasteiger partial charge in [0.15, 0.2) is 14.5 Å². The molecular formula is C16H17N3O2S3. The average Bonchev–Trinajstić information content (AvgIpc) is 3.15. The number of rotatable bonds is 7. The third-order valence-electron chi connectivity index (χ3n) is 3.64. The molecule has 2 heterocycles. The van der Waals surface area contributed by atoms with E-state index in [0.717, 1.165) is 32.1 Å². The quantitative estimate of drug-likeness (QED) is 0.577. The molecular weight excluding hydrogens is 362 g/mol. The summed E-state index contributed by atoms with van der Waals surface area (Å²) in [7, 11) is 0. The minimum atomic E-state index is -0.207. The third kappa shape index (κ3) is 3.81. The van der Waals surface area contributed by atoms with Crippen molar-refractivity contribution in [3.05, 3.63) is 29.3 Å². The Balaban J connectivity index is 1.62. The normalized spacial score (nSPS) is 16.1. The Bertz CT molecular complexity index is 776. The van der Waals surface area contributed by atoms with E-state index in [9.17, 15) is 9.59 Å². The van der Waals surface area contributed by atoms with E-state index in [1.54, 1.807) is 23.9 Å². The second-order valence-electron chi connectivity index (χ2n) is 5.41. The predicted octanol–water partition coefficient (Wildman–Crippen LogP) is 4.07. The van der Waals surface area contributed by atoms with Crippen molar-refractivity contribution in [2.75, 3.05) is 16.8 Å². The Hall–Kier alpha value is -1.38. The molecule has 1 N–H and O–H groups in total. The molecule has 1 aliphatic rings. The van der Waals surface area contributed by atoms with E-state index in [1.807, 2.05) is 13.0 Å². The van der Waals surface area contributed by atoms with Gasteiger partial charge in [-0.1, -0.05) is 41.8 Å². The number of nitrogens with one attached hydrogen (secondary N) is 1. The summed E-state index contributed by atoms with van der Waals surface area (Å²) < 4.78 is 1.76. The number of anilines is 1. The molecule has 8 heteroatoms. The smallest absolute Gasteiger partial charge is 0.231 e. The summed E-state index contributed by atoms with van der Waals surface area (Å²) in [5.74, 6) is 1.16. The van der Waals surface area contributed by atoms with Gasteiger partial charge in [0.25, 0.3) is 0 Å². The van der Waals surface area contributed by atoms with Crippen LogP contribution in [0.4, 0.5) is 5.69 Å². The van der Waals surface area contributed by atoms with Crippen molar-refractivity contribution in [1.82, 2.24) is 10.2 Å². The number of benzene rings is 1. The maximum atomic E-state index is 12.4. The van der Waals surface area contributed by atoms with Gasteiger partial charge < -0.3 is 5.32 Å². The van der Waals surface area contributed by atoms with Crippen LogP contribution in [-0.4, -0.2) is 33.4 Å². The number of carbonyl (C=O) groups is 2. The summed E-state index contributed by atoms with van der Waals surface area (Å²) in [4.78, 5) is 24.1. The molecule has 0 spiro atoms. The van der Waals surface area contributed by atoms with E-state index >= 15 is 0 Å². The van der Waals surface area contributed by atoms with E-state index in [2.05, 4.69) is 22.4 Å². The maximum absolute atomic E-state index is 12.4. The fraction of sp³-hybridized carbons (Fsp3) is 0.375. The Labute approximate surface area is 153 Å². The minimum absolute atomic E-state index is 0.0186. The molecule has 0 radical (unpaired) electrons. The molecule has 0 saturated carbocycles. The zero-order valence-corrected chi connectivity index (χ0v) is 15.8. The van der Waals surface area contributed by atoms with Crippen molar-refractivity contribution < 1.29 is 9.59 Å². The number of hydrogen-bond donors (Lipinski definition) is 1. The fourth-order valence-electron chi connectivity index (χ4n) is 2.30. The number of hydrogen-bond acceptors (Lipinski definition) is 7. The van der Waals surface area contributed by atoms with Crippen LogP contribution in [0.3, 0.4) is 0 Å². The largest absolute Gasteiger partial charge is 0.325 e. The Morgan fingerprint density at radius 1 is 1.29 bits per heavy atom. The highest BCUT2D eigenvalue weighted by Crippen LogP contribution is 2.33. The van der Waals surface area contributed by atoms with Gasteiger partial charge in [-0.2, -0.15) is 0 Å². The zero-order valence-electron chi connectivity index (χ0n) is 13.4. The van der Waals surface area contributed by atoms with Crippen LogP contribution in [0.25, 0.3) is 0 Å². The van der Waals surface area contributed by atoms with Gasteiger partial charge >= 0.3 is 0 Å². The second-order valence-corrected chi connectivity index (χ2v) is 8.95. The standard InChI is InChI=1S/C16H17N3O2S3/c1-3-6-22-15-18-19-16(24-15)23-8-13(20)10-4-5-12-11(7-10)9(2)14(21)17-12/h4-5,7,9H,3,6,8H2,1-2H3,(H,17,21)/t9-/m0/s1. The van der Waals surface area contributed by atoms with Crippen LogP contribution in [0, 0.1) is 0 Å². The lowest BCUT2D eigenvalue weighted by molar-refractivity contribution is -0.116. The molecule has 0 aliphatic carbocycles. The molecule has 3 rings (SSSR count). The Morgan fingerprint density at radius 3 is 2.79 bits per heavy atom. The number of Topliss-reactive ketones (excluding diaryl/α,β-unsaturated/α-hetero) is 1. The SMILES string of the molecule is CCCSc1nnc(SCC(=O)c2ccc3c(c2)[C@H](C)C(=O)N3)s1. The van der Waals surface area contributed by atoms with Crippen LogP contribution in [0.1, 0.15) is 42.1 Å². The first kappa shape index (κ1) is 17.4. The highest BCUT2D eigenvalue weighted by Gasteiger charge is 2.27. The van der Waals surface area contributed by atoms with Gasteiger partial charge in [-0.05, 0) is 37.1 Å². The van der Waals surface area contributed by atoms with Crippen LogP contribution in [-0.2, 0) is 4.79 Å².